The molecule has 0 saturated heterocycles. The van der Waals surface area contributed by atoms with Crippen molar-refractivity contribution in [1.29, 1.82) is 0 Å². The number of carbonyl (C=O) groups excluding carboxylic acids is 2. The number of methoxy groups -OCH3 is 1. The van der Waals surface area contributed by atoms with E-state index in [1.807, 2.05) is 0 Å². The van der Waals surface area contributed by atoms with Crippen molar-refractivity contribution < 1.29 is 27.5 Å². The fourth-order valence-electron chi connectivity index (χ4n) is 2.29. The molecule has 5 nitrogen and oxygen atoms in total. The number of pyridine rings is 1. The molecule has 132 valence electrons. The Morgan fingerprint density at radius 2 is 1.84 bits per heavy atom. The van der Waals surface area contributed by atoms with E-state index in [0.717, 1.165) is 11.0 Å². The Balaban J connectivity index is 2.30. The zero-order valence-electron chi connectivity index (χ0n) is 13.5. The van der Waals surface area contributed by atoms with E-state index in [9.17, 15) is 22.8 Å². The highest BCUT2D eigenvalue weighted by Crippen LogP contribution is 2.32. The third-order valence-electron chi connectivity index (χ3n) is 3.57. The van der Waals surface area contributed by atoms with Crippen LogP contribution in [-0.2, 0) is 22.1 Å². The summed E-state index contributed by atoms with van der Waals surface area (Å²) in [7, 11) is 2.53. The SMILES string of the molecule is COC(=O)c1ncccc1N(C)C(=O)Cc1ccccc1C(F)(F)F. The average Bonchev–Trinajstić information content (AvgIpc) is 2.60. The van der Waals surface area contributed by atoms with Gasteiger partial charge in [0.15, 0.2) is 5.69 Å². The van der Waals surface area contributed by atoms with E-state index in [4.69, 9.17) is 0 Å². The zero-order valence-corrected chi connectivity index (χ0v) is 13.5. The molecule has 0 saturated carbocycles. The number of hydrogen-bond donors (Lipinski definition) is 0. The predicted molar refractivity (Wildman–Crippen MR) is 84.1 cm³/mol. The van der Waals surface area contributed by atoms with Gasteiger partial charge in [-0.2, -0.15) is 13.2 Å². The lowest BCUT2D eigenvalue weighted by molar-refractivity contribution is -0.138. The quantitative estimate of drug-likeness (QED) is 0.794. The Bertz CT molecular complexity index is 791. The number of halogens is 3. The molecule has 0 fully saturated rings. The van der Waals surface area contributed by atoms with Crippen LogP contribution in [0.15, 0.2) is 42.6 Å². The first-order chi connectivity index (χ1) is 11.8. The Hall–Kier alpha value is -2.90. The number of benzene rings is 1. The fourth-order valence-corrected chi connectivity index (χ4v) is 2.29. The number of aromatic nitrogens is 1. The van der Waals surface area contributed by atoms with E-state index in [1.165, 1.54) is 50.7 Å². The first kappa shape index (κ1) is 18.4. The highest BCUT2D eigenvalue weighted by Gasteiger charge is 2.33. The van der Waals surface area contributed by atoms with E-state index in [2.05, 4.69) is 9.72 Å². The molecule has 1 amide bonds. The van der Waals surface area contributed by atoms with Gasteiger partial charge in [0.2, 0.25) is 5.91 Å². The van der Waals surface area contributed by atoms with E-state index in [0.29, 0.717) is 0 Å². The van der Waals surface area contributed by atoms with Gasteiger partial charge in [0.1, 0.15) is 0 Å². The van der Waals surface area contributed by atoms with Crippen LogP contribution in [0, 0.1) is 0 Å². The Morgan fingerprint density at radius 3 is 2.48 bits per heavy atom. The lowest BCUT2D eigenvalue weighted by Crippen LogP contribution is -2.30. The minimum Gasteiger partial charge on any atom is -0.464 e. The molecule has 1 aromatic carbocycles. The summed E-state index contributed by atoms with van der Waals surface area (Å²) in [6, 6.07) is 7.84. The fraction of sp³-hybridized carbons (Fsp3) is 0.235. The van der Waals surface area contributed by atoms with E-state index >= 15 is 0 Å². The summed E-state index contributed by atoms with van der Waals surface area (Å²) in [5.74, 6) is -1.36. The third kappa shape index (κ3) is 4.14. The minimum atomic E-state index is -4.55. The Labute approximate surface area is 142 Å². The molecule has 0 radical (unpaired) electrons. The maximum Gasteiger partial charge on any atom is 0.416 e. The number of carbonyl (C=O) groups is 2. The number of anilines is 1. The number of rotatable bonds is 4. The lowest BCUT2D eigenvalue weighted by atomic mass is 10.0. The van der Waals surface area contributed by atoms with Gasteiger partial charge in [-0.05, 0) is 23.8 Å². The van der Waals surface area contributed by atoms with Crippen LogP contribution in [0.3, 0.4) is 0 Å². The molecule has 1 heterocycles. The molecule has 0 bridgehead atoms. The number of esters is 1. The van der Waals surface area contributed by atoms with Crippen LogP contribution in [0.5, 0.6) is 0 Å². The van der Waals surface area contributed by atoms with Gasteiger partial charge >= 0.3 is 12.1 Å². The Morgan fingerprint density at radius 1 is 1.16 bits per heavy atom. The van der Waals surface area contributed by atoms with Gasteiger partial charge in [-0.15, -0.1) is 0 Å². The summed E-state index contributed by atoms with van der Waals surface area (Å²) < 4.78 is 43.7. The van der Waals surface area contributed by atoms with Gasteiger partial charge in [-0.25, -0.2) is 9.78 Å². The molecule has 0 N–H and O–H groups in total. The van der Waals surface area contributed by atoms with Crippen molar-refractivity contribution in [2.24, 2.45) is 0 Å². The van der Waals surface area contributed by atoms with Crippen molar-refractivity contribution in [3.8, 4) is 0 Å². The van der Waals surface area contributed by atoms with Crippen molar-refractivity contribution in [2.45, 2.75) is 12.6 Å². The Kier molecular flexibility index (Phi) is 5.41. The molecule has 0 atom stereocenters. The molecule has 0 spiro atoms. The number of ether oxygens (including phenoxy) is 1. The number of amides is 1. The summed E-state index contributed by atoms with van der Waals surface area (Å²) in [6.07, 6.45) is -3.67. The summed E-state index contributed by atoms with van der Waals surface area (Å²) in [5, 5.41) is 0. The van der Waals surface area contributed by atoms with Gasteiger partial charge < -0.3 is 9.64 Å². The molecule has 0 aliphatic carbocycles. The minimum absolute atomic E-state index is 0.0926. The number of alkyl halides is 3. The van der Waals surface area contributed by atoms with E-state index in [1.54, 1.807) is 0 Å². The molecule has 1 aromatic heterocycles. The molecule has 25 heavy (non-hydrogen) atoms. The van der Waals surface area contributed by atoms with Crippen LogP contribution in [-0.4, -0.2) is 31.0 Å². The van der Waals surface area contributed by atoms with Gasteiger partial charge in [0, 0.05) is 13.2 Å². The maximum atomic E-state index is 13.0. The van der Waals surface area contributed by atoms with Crippen LogP contribution < -0.4 is 4.90 Å². The van der Waals surface area contributed by atoms with Crippen LogP contribution in [0.25, 0.3) is 0 Å². The zero-order chi connectivity index (χ0) is 18.6. The standard InChI is InChI=1S/C17H15F3N2O3/c1-22(13-8-5-9-21-15(13)16(24)25-2)14(23)10-11-6-3-4-7-12(11)17(18,19)20/h3-9H,10H2,1-2H3. The summed E-state index contributed by atoms with van der Waals surface area (Å²) in [5.41, 5.74) is -0.944. The monoisotopic (exact) mass is 352 g/mol. The van der Waals surface area contributed by atoms with Crippen LogP contribution in [0.1, 0.15) is 21.6 Å². The molecular weight excluding hydrogens is 337 g/mol. The van der Waals surface area contributed by atoms with Crippen LogP contribution in [0.2, 0.25) is 0 Å². The third-order valence-corrected chi connectivity index (χ3v) is 3.57. The van der Waals surface area contributed by atoms with Gasteiger partial charge in [-0.1, -0.05) is 18.2 Å². The maximum absolute atomic E-state index is 13.0. The average molecular weight is 352 g/mol. The normalized spacial score (nSPS) is 11.1. The largest absolute Gasteiger partial charge is 0.464 e. The van der Waals surface area contributed by atoms with Crippen molar-refractivity contribution in [1.82, 2.24) is 4.98 Å². The molecule has 2 rings (SSSR count). The number of hydrogen-bond acceptors (Lipinski definition) is 4. The lowest BCUT2D eigenvalue weighted by Gasteiger charge is -2.20. The van der Waals surface area contributed by atoms with Crippen LogP contribution >= 0.6 is 0 Å². The van der Waals surface area contributed by atoms with Crippen molar-refractivity contribution in [2.75, 3.05) is 19.1 Å². The molecular formula is C17H15F3N2O3. The van der Waals surface area contributed by atoms with Gasteiger partial charge in [-0.3, -0.25) is 4.79 Å². The number of likely N-dealkylation sites (N-methyl/N-ethyl adjacent to an activating group) is 1. The van der Waals surface area contributed by atoms with Crippen molar-refractivity contribution >= 4 is 17.6 Å². The predicted octanol–water partition coefficient (Wildman–Crippen LogP) is 3.09. The molecule has 0 unspecified atom stereocenters. The molecule has 0 aliphatic rings. The van der Waals surface area contributed by atoms with Gasteiger partial charge in [0.05, 0.1) is 24.8 Å². The molecule has 8 heteroatoms. The highest BCUT2D eigenvalue weighted by atomic mass is 19.4. The second-order valence-corrected chi connectivity index (χ2v) is 5.15. The first-order valence-electron chi connectivity index (χ1n) is 7.20. The van der Waals surface area contributed by atoms with Crippen molar-refractivity contribution in [3.63, 3.8) is 0 Å². The van der Waals surface area contributed by atoms with Gasteiger partial charge in [0.25, 0.3) is 0 Å². The molecule has 0 aliphatic heterocycles. The van der Waals surface area contributed by atoms with E-state index < -0.39 is 30.0 Å². The summed E-state index contributed by atoms with van der Waals surface area (Å²) in [6.45, 7) is 0. The van der Waals surface area contributed by atoms with E-state index in [-0.39, 0.29) is 16.9 Å². The summed E-state index contributed by atoms with van der Waals surface area (Å²) in [4.78, 5) is 29.1. The molecule has 2 aromatic rings. The number of nitrogens with zero attached hydrogens (tertiary/aromatic N) is 2. The first-order valence-corrected chi connectivity index (χ1v) is 7.20. The summed E-state index contributed by atoms with van der Waals surface area (Å²) >= 11 is 0. The smallest absolute Gasteiger partial charge is 0.416 e. The van der Waals surface area contributed by atoms with Crippen LogP contribution in [0.4, 0.5) is 18.9 Å². The second-order valence-electron chi connectivity index (χ2n) is 5.15. The second kappa shape index (κ2) is 7.33. The highest BCUT2D eigenvalue weighted by molar-refractivity contribution is 6.01. The van der Waals surface area contributed by atoms with Crippen molar-refractivity contribution in [3.05, 3.63) is 59.4 Å². The topological polar surface area (TPSA) is 59.5 Å².